The van der Waals surface area contributed by atoms with Crippen LogP contribution < -0.4 is 47.1 Å². The summed E-state index contributed by atoms with van der Waals surface area (Å²) in [4.78, 5) is 17.9. The topological polar surface area (TPSA) is 290 Å². The van der Waals surface area contributed by atoms with E-state index in [4.69, 9.17) is 19.8 Å². The first-order valence-corrected chi connectivity index (χ1v) is 1.07. The van der Waals surface area contributed by atoms with Gasteiger partial charge < -0.3 is 56.7 Å². The van der Waals surface area contributed by atoms with Crippen LogP contribution in [0.25, 0.3) is 0 Å². The quantitative estimate of drug-likeness (QED) is 0.244. The van der Waals surface area contributed by atoms with Crippen molar-refractivity contribution < 1.29 is 36.6 Å². The number of carbonyl (C=O) groups is 2. The molecule has 0 rings (SSSR count). The largest absolute Gasteiger partial charge is 2.00 e. The monoisotopic (exact) mass is 249 g/mol. The molecular weight excluding hydrogens is 231 g/mol. The van der Waals surface area contributed by atoms with Crippen molar-refractivity contribution >= 4 is 11.9 Å². The average molecular weight is 249 g/mol. The van der Waals surface area contributed by atoms with Crippen molar-refractivity contribution in [2.45, 2.75) is 0 Å². The van der Waals surface area contributed by atoms with Crippen molar-refractivity contribution in [2.75, 3.05) is 0 Å². The first kappa shape index (κ1) is 86.6. The molecule has 0 saturated heterocycles. The molecule has 0 aliphatic rings. The zero-order chi connectivity index (χ0) is 5.15. The molecule has 0 unspecified atom stereocenters. The number of carboxylic acids is 2. The zero-order valence-electron chi connectivity index (χ0n) is 7.21. The molecule has 0 aliphatic carbocycles. The van der Waals surface area contributed by atoms with E-state index in [1.54, 1.807) is 0 Å². The van der Waals surface area contributed by atoms with Gasteiger partial charge in [-0.2, -0.15) is 0 Å². The summed E-state index contributed by atoms with van der Waals surface area (Å²) in [7, 11) is 0. The van der Waals surface area contributed by atoms with E-state index in [-0.39, 0.29) is 53.7 Å². The molecule has 0 saturated carbocycles. The molecule has 0 heterocycles. The Kier molecular flexibility index (Phi) is 287. The van der Waals surface area contributed by atoms with Crippen molar-refractivity contribution in [1.29, 1.82) is 0 Å². The van der Waals surface area contributed by atoms with Crippen LogP contribution in [-0.2, 0) is 26.4 Å². The standard InChI is InChI=1S/C2H2O4.Co.6H3N/c3-1(4)2(5)6;;;;;;;/h(H,3,4)(H,5,6);;6*1H3/q;+2;;;;;;/p-2. The number of hydrogen-bond donors (Lipinski definition) is 6. The second-order valence-corrected chi connectivity index (χ2v) is 0.575. The first-order valence-electron chi connectivity index (χ1n) is 1.07. The number of hydrogen-bond acceptors (Lipinski definition) is 10. The molecule has 0 aromatic carbocycles. The molecular formula is C2H18CoN6O4. The van der Waals surface area contributed by atoms with Gasteiger partial charge in [-0.1, -0.05) is 0 Å². The van der Waals surface area contributed by atoms with Gasteiger partial charge in [-0.05, 0) is 0 Å². The normalized spacial score (nSPS) is 3.38. The number of carbonyl (C=O) groups excluding carboxylic acids is 2. The Labute approximate surface area is 86.2 Å². The predicted molar refractivity (Wildman–Crippen MR) is 40.1 cm³/mol. The zero-order valence-corrected chi connectivity index (χ0v) is 8.25. The smallest absolute Gasteiger partial charge is 0.543 e. The van der Waals surface area contributed by atoms with Crippen molar-refractivity contribution in [3.05, 3.63) is 0 Å². The minimum Gasteiger partial charge on any atom is -0.543 e. The van der Waals surface area contributed by atoms with Gasteiger partial charge in [-0.15, -0.1) is 0 Å². The maximum absolute atomic E-state index is 8.93. The molecule has 1 radical (unpaired) electrons. The summed E-state index contributed by atoms with van der Waals surface area (Å²) in [5.74, 6) is -4.37. The van der Waals surface area contributed by atoms with Crippen LogP contribution in [0.5, 0.6) is 0 Å². The van der Waals surface area contributed by atoms with Crippen LogP contribution in [-0.4, -0.2) is 11.9 Å². The molecule has 0 spiro atoms. The van der Waals surface area contributed by atoms with E-state index in [1.165, 1.54) is 0 Å². The van der Waals surface area contributed by atoms with Gasteiger partial charge in [0.1, 0.15) is 0 Å². The van der Waals surface area contributed by atoms with Crippen molar-refractivity contribution in [3.8, 4) is 0 Å². The molecule has 0 aromatic heterocycles. The van der Waals surface area contributed by atoms with Crippen molar-refractivity contribution in [2.24, 2.45) is 0 Å². The SMILES string of the molecule is N.N.N.N.N.N.O=C([O-])C(=O)[O-].[Co+2]. The molecule has 0 fully saturated rings. The number of rotatable bonds is 0. The van der Waals surface area contributed by atoms with Gasteiger partial charge in [0.25, 0.3) is 0 Å². The molecule has 11 heteroatoms. The van der Waals surface area contributed by atoms with E-state index in [0.29, 0.717) is 0 Å². The van der Waals surface area contributed by atoms with E-state index in [9.17, 15) is 0 Å². The molecule has 89 valence electrons. The van der Waals surface area contributed by atoms with Crippen LogP contribution in [0.4, 0.5) is 0 Å². The molecule has 0 aromatic rings. The average Bonchev–Trinajstić information content (AvgIpc) is 1.36. The van der Waals surface area contributed by atoms with Crippen molar-refractivity contribution in [1.82, 2.24) is 36.9 Å². The second-order valence-electron chi connectivity index (χ2n) is 0.575. The Hall–Kier alpha value is -0.794. The maximum atomic E-state index is 8.93. The molecule has 10 nitrogen and oxygen atoms in total. The van der Waals surface area contributed by atoms with Crippen LogP contribution in [0, 0.1) is 0 Å². The van der Waals surface area contributed by atoms with Crippen LogP contribution in [0.2, 0.25) is 0 Å². The fourth-order valence-electron chi connectivity index (χ4n) is 0. The third kappa shape index (κ3) is 92.4. The summed E-state index contributed by atoms with van der Waals surface area (Å²) in [6.45, 7) is 0. The summed E-state index contributed by atoms with van der Waals surface area (Å²) in [6.07, 6.45) is 0. The summed E-state index contributed by atoms with van der Waals surface area (Å²) in [5.41, 5.74) is 0. The van der Waals surface area contributed by atoms with Gasteiger partial charge in [0.2, 0.25) is 0 Å². The molecule has 0 atom stereocenters. The third-order valence-corrected chi connectivity index (χ3v) is 0.167. The molecule has 0 amide bonds. The van der Waals surface area contributed by atoms with Gasteiger partial charge in [0, 0.05) is 0 Å². The third-order valence-electron chi connectivity index (χ3n) is 0.167. The Balaban J connectivity index is -0.00000000595. The maximum Gasteiger partial charge on any atom is 2.00 e. The van der Waals surface area contributed by atoms with Crippen LogP contribution in [0.1, 0.15) is 0 Å². The fraction of sp³-hybridized carbons (Fsp3) is 0. The van der Waals surface area contributed by atoms with Gasteiger partial charge in [-0.3, -0.25) is 0 Å². The van der Waals surface area contributed by atoms with E-state index < -0.39 is 11.9 Å². The summed E-state index contributed by atoms with van der Waals surface area (Å²) in [5, 5.41) is 17.9. The van der Waals surface area contributed by atoms with Crippen LogP contribution in [0.15, 0.2) is 0 Å². The summed E-state index contributed by atoms with van der Waals surface area (Å²) >= 11 is 0. The minimum absolute atomic E-state index is 0. The van der Waals surface area contributed by atoms with Crippen molar-refractivity contribution in [3.63, 3.8) is 0 Å². The number of carboxylic acid groups (broad SMARTS) is 2. The predicted octanol–water partition coefficient (Wildman–Crippen LogP) is -2.54. The summed E-state index contributed by atoms with van der Waals surface area (Å²) in [6, 6.07) is 0. The fourth-order valence-corrected chi connectivity index (χ4v) is 0. The molecule has 13 heavy (non-hydrogen) atoms. The second kappa shape index (κ2) is 43.1. The van der Waals surface area contributed by atoms with E-state index in [0.717, 1.165) is 0 Å². The summed E-state index contributed by atoms with van der Waals surface area (Å²) < 4.78 is 0. The Morgan fingerprint density at radius 1 is 0.615 bits per heavy atom. The molecule has 18 N–H and O–H groups in total. The van der Waals surface area contributed by atoms with Gasteiger partial charge in [-0.25, -0.2) is 0 Å². The molecule has 0 aliphatic heterocycles. The van der Waals surface area contributed by atoms with Gasteiger partial charge >= 0.3 is 16.8 Å². The van der Waals surface area contributed by atoms with E-state index >= 15 is 0 Å². The Bertz CT molecular complexity index is 88.6. The minimum atomic E-state index is -2.19. The Morgan fingerprint density at radius 3 is 0.692 bits per heavy atom. The van der Waals surface area contributed by atoms with Gasteiger partial charge in [0.05, 0.1) is 11.9 Å². The van der Waals surface area contributed by atoms with E-state index in [2.05, 4.69) is 0 Å². The first-order chi connectivity index (χ1) is 2.64. The van der Waals surface area contributed by atoms with Crippen LogP contribution >= 0.6 is 0 Å². The van der Waals surface area contributed by atoms with Gasteiger partial charge in [0.15, 0.2) is 0 Å². The van der Waals surface area contributed by atoms with Crippen LogP contribution in [0.3, 0.4) is 0 Å². The van der Waals surface area contributed by atoms with E-state index in [1.807, 2.05) is 0 Å². The number of aliphatic carboxylic acids is 2. The molecule has 0 bridgehead atoms. The Morgan fingerprint density at radius 2 is 0.692 bits per heavy atom.